The van der Waals surface area contributed by atoms with Gasteiger partial charge in [0.05, 0.1) is 16.3 Å². The van der Waals surface area contributed by atoms with E-state index in [0.29, 0.717) is 11.6 Å². The minimum atomic E-state index is -0.585. The second kappa shape index (κ2) is 4.89. The summed E-state index contributed by atoms with van der Waals surface area (Å²) in [6, 6.07) is 4.67. The SMILES string of the molecule is CCNc1nc(-c2ccc([N+](=O)[O-])o2)nc2ccsc12. The molecule has 20 heavy (non-hydrogen) atoms. The fraction of sp³-hybridized carbons (Fsp3) is 0.167. The number of nitro groups is 1. The Morgan fingerprint density at radius 3 is 2.95 bits per heavy atom. The fourth-order valence-electron chi connectivity index (χ4n) is 1.81. The third kappa shape index (κ3) is 2.10. The van der Waals surface area contributed by atoms with E-state index in [9.17, 15) is 10.1 Å². The number of anilines is 1. The second-order valence-corrected chi connectivity index (χ2v) is 4.87. The van der Waals surface area contributed by atoms with E-state index in [0.717, 1.165) is 16.8 Å². The zero-order chi connectivity index (χ0) is 14.1. The Bertz CT molecular complexity index is 780. The Balaban J connectivity index is 2.12. The molecule has 7 nitrogen and oxygen atoms in total. The zero-order valence-corrected chi connectivity index (χ0v) is 11.3. The van der Waals surface area contributed by atoms with Crippen LogP contribution in [0.4, 0.5) is 11.7 Å². The van der Waals surface area contributed by atoms with E-state index in [1.54, 1.807) is 11.3 Å². The average Bonchev–Trinajstić information content (AvgIpc) is 3.07. The topological polar surface area (TPSA) is 94.1 Å². The van der Waals surface area contributed by atoms with Crippen molar-refractivity contribution in [1.82, 2.24) is 9.97 Å². The molecule has 8 heteroatoms. The highest BCUT2D eigenvalue weighted by molar-refractivity contribution is 7.17. The molecule has 0 atom stereocenters. The van der Waals surface area contributed by atoms with E-state index in [2.05, 4.69) is 15.3 Å². The highest BCUT2D eigenvalue weighted by Gasteiger charge is 2.17. The number of fused-ring (bicyclic) bond motifs is 1. The van der Waals surface area contributed by atoms with Crippen LogP contribution in [0, 0.1) is 10.1 Å². The van der Waals surface area contributed by atoms with Crippen molar-refractivity contribution in [3.8, 4) is 11.6 Å². The van der Waals surface area contributed by atoms with Crippen LogP contribution in [-0.4, -0.2) is 21.4 Å². The average molecular weight is 290 g/mol. The summed E-state index contributed by atoms with van der Waals surface area (Å²) in [6.07, 6.45) is 0. The molecule has 0 unspecified atom stereocenters. The summed E-state index contributed by atoms with van der Waals surface area (Å²) in [4.78, 5) is 18.8. The molecule has 0 aromatic carbocycles. The van der Waals surface area contributed by atoms with Crippen molar-refractivity contribution in [2.75, 3.05) is 11.9 Å². The first-order chi connectivity index (χ1) is 9.69. The van der Waals surface area contributed by atoms with Gasteiger partial charge in [-0.2, -0.15) is 0 Å². The van der Waals surface area contributed by atoms with Gasteiger partial charge in [0, 0.05) is 6.54 Å². The number of aromatic nitrogens is 2. The van der Waals surface area contributed by atoms with E-state index >= 15 is 0 Å². The number of furan rings is 1. The van der Waals surface area contributed by atoms with Gasteiger partial charge in [-0.05, 0) is 24.4 Å². The highest BCUT2D eigenvalue weighted by atomic mass is 32.1. The van der Waals surface area contributed by atoms with Crippen LogP contribution >= 0.6 is 11.3 Å². The Kier molecular flexibility index (Phi) is 3.07. The van der Waals surface area contributed by atoms with Crippen LogP contribution in [0.2, 0.25) is 0 Å². The third-order valence-corrected chi connectivity index (χ3v) is 3.55. The second-order valence-electron chi connectivity index (χ2n) is 3.96. The van der Waals surface area contributed by atoms with Crippen molar-refractivity contribution in [2.24, 2.45) is 0 Å². The number of nitrogens with one attached hydrogen (secondary N) is 1. The van der Waals surface area contributed by atoms with Gasteiger partial charge in [-0.15, -0.1) is 11.3 Å². The van der Waals surface area contributed by atoms with Crippen LogP contribution in [-0.2, 0) is 0 Å². The molecule has 0 amide bonds. The Hall–Kier alpha value is -2.48. The van der Waals surface area contributed by atoms with E-state index in [-0.39, 0.29) is 11.6 Å². The standard InChI is InChI=1S/C12H10N4O3S/c1-2-13-12-10-7(5-6-20-10)14-11(15-12)8-3-4-9(19-8)16(17)18/h3-6H,2H2,1H3,(H,13,14,15). The molecule has 0 spiro atoms. The lowest BCUT2D eigenvalue weighted by Gasteiger charge is -2.05. The number of hydrogen-bond donors (Lipinski definition) is 1. The molecule has 0 saturated carbocycles. The van der Waals surface area contributed by atoms with E-state index in [1.165, 1.54) is 12.1 Å². The van der Waals surface area contributed by atoms with Crippen molar-refractivity contribution in [3.05, 3.63) is 33.7 Å². The molecular formula is C12H10N4O3S. The molecule has 3 rings (SSSR count). The molecule has 1 N–H and O–H groups in total. The number of rotatable bonds is 4. The lowest BCUT2D eigenvalue weighted by molar-refractivity contribution is -0.401. The van der Waals surface area contributed by atoms with E-state index < -0.39 is 4.92 Å². The van der Waals surface area contributed by atoms with Gasteiger partial charge < -0.3 is 9.73 Å². The lowest BCUT2D eigenvalue weighted by atomic mass is 10.3. The summed E-state index contributed by atoms with van der Waals surface area (Å²) in [7, 11) is 0. The van der Waals surface area contributed by atoms with E-state index in [1.807, 2.05) is 18.4 Å². The maximum absolute atomic E-state index is 10.6. The Morgan fingerprint density at radius 1 is 1.40 bits per heavy atom. The molecule has 0 aliphatic carbocycles. The van der Waals surface area contributed by atoms with Crippen LogP contribution < -0.4 is 5.32 Å². The molecular weight excluding hydrogens is 280 g/mol. The van der Waals surface area contributed by atoms with Crippen LogP contribution in [0.3, 0.4) is 0 Å². The van der Waals surface area contributed by atoms with Gasteiger partial charge in [0.25, 0.3) is 0 Å². The molecule has 0 saturated heterocycles. The molecule has 102 valence electrons. The van der Waals surface area contributed by atoms with Gasteiger partial charge in [-0.3, -0.25) is 10.1 Å². The van der Waals surface area contributed by atoms with Crippen molar-refractivity contribution in [3.63, 3.8) is 0 Å². The summed E-state index contributed by atoms with van der Waals surface area (Å²) in [6.45, 7) is 2.70. The molecule has 0 bridgehead atoms. The van der Waals surface area contributed by atoms with E-state index in [4.69, 9.17) is 4.42 Å². The molecule has 3 heterocycles. The number of nitrogens with zero attached hydrogens (tertiary/aromatic N) is 3. The third-order valence-electron chi connectivity index (χ3n) is 2.64. The van der Waals surface area contributed by atoms with Gasteiger partial charge in [-0.25, -0.2) is 9.97 Å². The van der Waals surface area contributed by atoms with Crippen LogP contribution in [0.1, 0.15) is 6.92 Å². The monoisotopic (exact) mass is 290 g/mol. The van der Waals surface area contributed by atoms with Crippen molar-refractivity contribution in [1.29, 1.82) is 0 Å². The maximum atomic E-state index is 10.6. The molecule has 3 aromatic heterocycles. The maximum Gasteiger partial charge on any atom is 0.433 e. The lowest BCUT2D eigenvalue weighted by Crippen LogP contribution is -2.01. The molecule has 3 aromatic rings. The van der Waals surface area contributed by atoms with Crippen LogP contribution in [0.5, 0.6) is 0 Å². The number of thiophene rings is 1. The Morgan fingerprint density at radius 2 is 2.25 bits per heavy atom. The van der Waals surface area contributed by atoms with Crippen LogP contribution in [0.25, 0.3) is 21.8 Å². The zero-order valence-electron chi connectivity index (χ0n) is 10.5. The van der Waals surface area contributed by atoms with Gasteiger partial charge in [0.2, 0.25) is 0 Å². The normalized spacial score (nSPS) is 10.8. The summed E-state index contributed by atoms with van der Waals surface area (Å²) < 4.78 is 6.10. The van der Waals surface area contributed by atoms with Crippen LogP contribution in [0.15, 0.2) is 28.0 Å². The van der Waals surface area contributed by atoms with Crippen molar-refractivity contribution < 1.29 is 9.34 Å². The Labute approximate surface area is 117 Å². The van der Waals surface area contributed by atoms with Crippen molar-refractivity contribution >= 4 is 33.3 Å². The first kappa shape index (κ1) is 12.5. The smallest absolute Gasteiger partial charge is 0.397 e. The largest absolute Gasteiger partial charge is 0.433 e. The van der Waals surface area contributed by atoms with Crippen molar-refractivity contribution in [2.45, 2.75) is 6.92 Å². The minimum absolute atomic E-state index is 0.281. The van der Waals surface area contributed by atoms with Gasteiger partial charge in [-0.1, -0.05) is 0 Å². The quantitative estimate of drug-likeness (QED) is 0.585. The molecule has 0 aliphatic rings. The fourth-order valence-corrected chi connectivity index (χ4v) is 2.60. The first-order valence-electron chi connectivity index (χ1n) is 5.92. The predicted octanol–water partition coefficient (Wildman–Crippen LogP) is 3.29. The molecule has 0 fully saturated rings. The predicted molar refractivity (Wildman–Crippen MR) is 75.9 cm³/mol. The summed E-state index contributed by atoms with van der Waals surface area (Å²) >= 11 is 1.54. The summed E-state index contributed by atoms with van der Waals surface area (Å²) in [5.74, 6) is 1.00. The summed E-state index contributed by atoms with van der Waals surface area (Å²) in [5.41, 5.74) is 0.787. The first-order valence-corrected chi connectivity index (χ1v) is 6.80. The highest BCUT2D eigenvalue weighted by Crippen LogP contribution is 2.30. The molecule has 0 radical (unpaired) electrons. The number of hydrogen-bond acceptors (Lipinski definition) is 7. The van der Waals surface area contributed by atoms with Gasteiger partial charge in [0.1, 0.15) is 10.7 Å². The van der Waals surface area contributed by atoms with Gasteiger partial charge in [0.15, 0.2) is 11.6 Å². The minimum Gasteiger partial charge on any atom is -0.397 e. The summed E-state index contributed by atoms with van der Waals surface area (Å²) in [5, 5.41) is 15.7. The van der Waals surface area contributed by atoms with Gasteiger partial charge >= 0.3 is 5.88 Å². The molecule has 0 aliphatic heterocycles.